The smallest absolute Gasteiger partial charge is 0.329 e. The first-order chi connectivity index (χ1) is 7.28. The Morgan fingerprint density at radius 3 is 2.62 bits per heavy atom. The van der Waals surface area contributed by atoms with E-state index in [-0.39, 0.29) is 0 Å². The monoisotopic (exact) mass is 236 g/mol. The van der Waals surface area contributed by atoms with E-state index in [9.17, 15) is 18.0 Å². The Bertz CT molecular complexity index is 385. The largest absolute Gasteiger partial charge is 0.405 e. The van der Waals surface area contributed by atoms with E-state index in [4.69, 9.17) is 0 Å². The van der Waals surface area contributed by atoms with Gasteiger partial charge in [0.25, 0.3) is 0 Å². The number of halogens is 3. The molecule has 0 aliphatic heterocycles. The first-order valence-corrected chi connectivity index (χ1v) is 4.40. The summed E-state index contributed by atoms with van der Waals surface area (Å²) in [6.07, 6.45) is -4.42. The number of rotatable bonds is 2. The van der Waals surface area contributed by atoms with E-state index >= 15 is 0 Å². The van der Waals surface area contributed by atoms with Gasteiger partial charge in [0, 0.05) is 13.1 Å². The normalized spacial score (nSPS) is 11.3. The molecule has 0 atom stereocenters. The molecule has 0 unspecified atom stereocenters. The van der Waals surface area contributed by atoms with Crippen LogP contribution >= 0.6 is 0 Å². The van der Waals surface area contributed by atoms with Crippen LogP contribution in [0.2, 0.25) is 0 Å². The highest BCUT2D eigenvalue weighted by molar-refractivity contribution is 5.88. The van der Waals surface area contributed by atoms with Gasteiger partial charge in [-0.25, -0.2) is 4.79 Å². The molecule has 0 spiro atoms. The number of urea groups is 1. The van der Waals surface area contributed by atoms with Gasteiger partial charge in [0.05, 0.1) is 5.69 Å². The zero-order chi connectivity index (χ0) is 12.3. The van der Waals surface area contributed by atoms with Crippen LogP contribution in [-0.4, -0.2) is 28.5 Å². The van der Waals surface area contributed by atoms with E-state index in [0.717, 1.165) is 0 Å². The van der Waals surface area contributed by atoms with Gasteiger partial charge in [0.15, 0.2) is 0 Å². The predicted molar refractivity (Wildman–Crippen MR) is 51.0 cm³/mol. The van der Waals surface area contributed by atoms with Gasteiger partial charge in [0.2, 0.25) is 0 Å². The Morgan fingerprint density at radius 2 is 2.19 bits per heavy atom. The molecule has 90 valence electrons. The van der Waals surface area contributed by atoms with Gasteiger partial charge < -0.3 is 5.32 Å². The maximum Gasteiger partial charge on any atom is 0.405 e. The van der Waals surface area contributed by atoms with Gasteiger partial charge in [-0.05, 0) is 6.92 Å². The Labute approximate surface area is 89.6 Å². The average Bonchev–Trinajstić information content (AvgIpc) is 2.41. The molecular weight excluding hydrogens is 225 g/mol. The molecule has 5 nitrogen and oxygen atoms in total. The van der Waals surface area contributed by atoms with Crippen LogP contribution in [0.3, 0.4) is 0 Å². The van der Waals surface area contributed by atoms with Crippen molar-refractivity contribution in [3.8, 4) is 0 Å². The topological polar surface area (TPSA) is 59.0 Å². The lowest BCUT2D eigenvalue weighted by molar-refractivity contribution is -0.122. The molecule has 0 bridgehead atoms. The average molecular weight is 236 g/mol. The second-order valence-corrected chi connectivity index (χ2v) is 3.22. The molecule has 2 amide bonds. The summed E-state index contributed by atoms with van der Waals surface area (Å²) in [4.78, 5) is 11.1. The summed E-state index contributed by atoms with van der Waals surface area (Å²) in [5, 5.41) is 7.87. The molecule has 0 aliphatic rings. The van der Waals surface area contributed by atoms with Crippen molar-refractivity contribution in [2.75, 3.05) is 11.9 Å². The molecule has 0 fully saturated rings. The molecule has 0 aromatic carbocycles. The third-order valence-corrected chi connectivity index (χ3v) is 1.69. The van der Waals surface area contributed by atoms with Crippen molar-refractivity contribution >= 4 is 11.8 Å². The minimum Gasteiger partial charge on any atom is -0.329 e. The summed E-state index contributed by atoms with van der Waals surface area (Å²) in [6, 6.07) is 0.632. The molecule has 1 heterocycles. The van der Waals surface area contributed by atoms with Crippen molar-refractivity contribution in [1.29, 1.82) is 0 Å². The summed E-state index contributed by atoms with van der Waals surface area (Å²) in [5.41, 5.74) is 0.661. The Balaban J connectivity index is 2.49. The Hall–Kier alpha value is -1.73. The summed E-state index contributed by atoms with van der Waals surface area (Å²) in [7, 11) is 1.58. The summed E-state index contributed by atoms with van der Waals surface area (Å²) < 4.78 is 36.7. The molecule has 1 rings (SSSR count). The van der Waals surface area contributed by atoms with Crippen LogP contribution in [-0.2, 0) is 7.05 Å². The van der Waals surface area contributed by atoms with Gasteiger partial charge in [-0.3, -0.25) is 10.00 Å². The second kappa shape index (κ2) is 4.42. The van der Waals surface area contributed by atoms with Crippen LogP contribution in [0.4, 0.5) is 23.8 Å². The number of nitrogens with zero attached hydrogens (tertiary/aromatic N) is 2. The van der Waals surface area contributed by atoms with Crippen molar-refractivity contribution in [2.24, 2.45) is 7.05 Å². The lowest BCUT2D eigenvalue weighted by Gasteiger charge is -2.09. The maximum atomic E-state index is 11.8. The molecule has 8 heteroatoms. The number of carbonyl (C=O) groups is 1. The number of aryl methyl sites for hydroxylation is 2. The fourth-order valence-electron chi connectivity index (χ4n) is 1.07. The number of anilines is 1. The lowest BCUT2D eigenvalue weighted by Crippen LogP contribution is -2.37. The molecular formula is C8H11F3N4O. The highest BCUT2D eigenvalue weighted by Gasteiger charge is 2.27. The van der Waals surface area contributed by atoms with Gasteiger partial charge in [0.1, 0.15) is 12.4 Å². The second-order valence-electron chi connectivity index (χ2n) is 3.22. The van der Waals surface area contributed by atoms with E-state index in [0.29, 0.717) is 11.5 Å². The van der Waals surface area contributed by atoms with Crippen LogP contribution in [0.25, 0.3) is 0 Å². The Morgan fingerprint density at radius 1 is 1.56 bits per heavy atom. The molecule has 0 saturated heterocycles. The van der Waals surface area contributed by atoms with Gasteiger partial charge >= 0.3 is 12.2 Å². The molecule has 0 saturated carbocycles. The number of carbonyl (C=O) groups excluding carboxylic acids is 1. The highest BCUT2D eigenvalue weighted by Crippen LogP contribution is 2.12. The minimum atomic E-state index is -4.42. The molecule has 1 aromatic rings. The fourth-order valence-corrected chi connectivity index (χ4v) is 1.07. The van der Waals surface area contributed by atoms with E-state index in [1.807, 2.05) is 0 Å². The fraction of sp³-hybridized carbons (Fsp3) is 0.500. The number of amides is 2. The van der Waals surface area contributed by atoms with Crippen LogP contribution < -0.4 is 10.6 Å². The van der Waals surface area contributed by atoms with E-state index in [1.165, 1.54) is 4.68 Å². The molecule has 2 N–H and O–H groups in total. The quantitative estimate of drug-likeness (QED) is 0.815. The summed E-state index contributed by atoms with van der Waals surface area (Å²) >= 11 is 0. The molecule has 0 radical (unpaired) electrons. The minimum absolute atomic E-state index is 0.331. The third-order valence-electron chi connectivity index (χ3n) is 1.69. The third kappa shape index (κ3) is 3.79. The SMILES string of the molecule is Cc1cc(NC(=O)NCC(F)(F)F)n(C)n1. The maximum absolute atomic E-state index is 11.8. The first kappa shape index (κ1) is 12.3. The highest BCUT2D eigenvalue weighted by atomic mass is 19.4. The van der Waals surface area contributed by atoms with Crippen molar-refractivity contribution in [1.82, 2.24) is 15.1 Å². The molecule has 0 aliphatic carbocycles. The lowest BCUT2D eigenvalue weighted by atomic mass is 10.5. The van der Waals surface area contributed by atoms with Crippen molar-refractivity contribution in [2.45, 2.75) is 13.1 Å². The number of nitrogens with one attached hydrogen (secondary N) is 2. The van der Waals surface area contributed by atoms with Crippen molar-refractivity contribution in [3.63, 3.8) is 0 Å². The number of hydrogen-bond acceptors (Lipinski definition) is 2. The zero-order valence-corrected chi connectivity index (χ0v) is 8.72. The van der Waals surface area contributed by atoms with Crippen LogP contribution in [0, 0.1) is 6.92 Å². The van der Waals surface area contributed by atoms with Crippen molar-refractivity contribution in [3.05, 3.63) is 11.8 Å². The van der Waals surface area contributed by atoms with E-state index < -0.39 is 18.8 Å². The van der Waals surface area contributed by atoms with Gasteiger partial charge in [-0.15, -0.1) is 0 Å². The number of hydrogen-bond donors (Lipinski definition) is 2. The Kier molecular flexibility index (Phi) is 3.41. The van der Waals surface area contributed by atoms with E-state index in [1.54, 1.807) is 25.4 Å². The van der Waals surface area contributed by atoms with Crippen molar-refractivity contribution < 1.29 is 18.0 Å². The first-order valence-electron chi connectivity index (χ1n) is 4.40. The standard InChI is InChI=1S/C8H11F3N4O/c1-5-3-6(15(2)14-5)13-7(16)12-4-8(9,10)11/h3H,4H2,1-2H3,(H2,12,13,16). The van der Waals surface area contributed by atoms with Crippen LogP contribution in [0.1, 0.15) is 5.69 Å². The molecule has 16 heavy (non-hydrogen) atoms. The molecule has 1 aromatic heterocycles. The predicted octanol–water partition coefficient (Wildman–Crippen LogP) is 1.41. The number of alkyl halides is 3. The van der Waals surface area contributed by atoms with Crippen LogP contribution in [0.15, 0.2) is 6.07 Å². The zero-order valence-electron chi connectivity index (χ0n) is 8.72. The van der Waals surface area contributed by atoms with E-state index in [2.05, 4.69) is 10.4 Å². The number of aromatic nitrogens is 2. The van der Waals surface area contributed by atoms with Gasteiger partial charge in [-0.1, -0.05) is 0 Å². The summed E-state index contributed by atoms with van der Waals surface area (Å²) in [6.45, 7) is 0.342. The van der Waals surface area contributed by atoms with Crippen LogP contribution in [0.5, 0.6) is 0 Å². The van der Waals surface area contributed by atoms with Gasteiger partial charge in [-0.2, -0.15) is 18.3 Å². The summed E-state index contributed by atoms with van der Waals surface area (Å²) in [5.74, 6) is 0.331.